The van der Waals surface area contributed by atoms with Gasteiger partial charge in [-0.15, -0.1) is 0 Å². The number of hydrogen-bond acceptors (Lipinski definition) is 2. The molecule has 1 saturated carbocycles. The number of aliphatic hydroxyl groups is 1. The van der Waals surface area contributed by atoms with Crippen molar-refractivity contribution >= 4 is 15.9 Å². The Balaban J connectivity index is 1.95. The topological polar surface area (TPSA) is 29.5 Å². The first-order valence-electron chi connectivity index (χ1n) is 6.35. The molecule has 1 aromatic carbocycles. The van der Waals surface area contributed by atoms with Crippen molar-refractivity contribution in [3.8, 4) is 5.75 Å². The highest BCUT2D eigenvalue weighted by Crippen LogP contribution is 2.46. The van der Waals surface area contributed by atoms with Crippen molar-refractivity contribution < 1.29 is 9.84 Å². The van der Waals surface area contributed by atoms with Gasteiger partial charge in [0.15, 0.2) is 0 Å². The molecular formula is C14H17BrO2. The van der Waals surface area contributed by atoms with Crippen LogP contribution in [0, 0.1) is 0 Å². The van der Waals surface area contributed by atoms with Crippen LogP contribution >= 0.6 is 15.9 Å². The van der Waals surface area contributed by atoms with E-state index in [2.05, 4.69) is 15.9 Å². The zero-order valence-electron chi connectivity index (χ0n) is 9.79. The van der Waals surface area contributed by atoms with Gasteiger partial charge in [0.05, 0.1) is 6.10 Å². The zero-order valence-corrected chi connectivity index (χ0v) is 11.4. The molecule has 1 N–H and O–H groups in total. The third kappa shape index (κ3) is 2.11. The normalized spacial score (nSPS) is 26.4. The lowest BCUT2D eigenvalue weighted by molar-refractivity contribution is -0.0382. The van der Waals surface area contributed by atoms with Gasteiger partial charge in [0.25, 0.3) is 0 Å². The van der Waals surface area contributed by atoms with Crippen LogP contribution in [0.4, 0.5) is 0 Å². The molecule has 0 unspecified atom stereocenters. The Kier molecular flexibility index (Phi) is 2.91. The number of benzene rings is 1. The van der Waals surface area contributed by atoms with Crippen molar-refractivity contribution in [3.05, 3.63) is 28.2 Å². The third-order valence-corrected chi connectivity index (χ3v) is 4.48. The summed E-state index contributed by atoms with van der Waals surface area (Å²) in [5.74, 6) is 0.861. The molecule has 1 spiro atoms. The van der Waals surface area contributed by atoms with Crippen LogP contribution in [-0.2, 0) is 0 Å². The van der Waals surface area contributed by atoms with Crippen molar-refractivity contribution in [2.75, 3.05) is 0 Å². The number of halogens is 1. The van der Waals surface area contributed by atoms with E-state index in [1.54, 1.807) is 0 Å². The summed E-state index contributed by atoms with van der Waals surface area (Å²) in [6, 6.07) is 5.90. The average molecular weight is 297 g/mol. The van der Waals surface area contributed by atoms with Crippen molar-refractivity contribution in [2.24, 2.45) is 0 Å². The Labute approximate surface area is 110 Å². The average Bonchev–Trinajstić information content (AvgIpc) is 2.29. The minimum absolute atomic E-state index is 0.106. The minimum Gasteiger partial charge on any atom is -0.487 e. The number of fused-ring (bicyclic) bond motifs is 1. The summed E-state index contributed by atoms with van der Waals surface area (Å²) < 4.78 is 7.23. The van der Waals surface area contributed by atoms with Gasteiger partial charge >= 0.3 is 0 Å². The van der Waals surface area contributed by atoms with E-state index in [1.807, 2.05) is 18.2 Å². The highest BCUT2D eigenvalue weighted by atomic mass is 79.9. The van der Waals surface area contributed by atoms with E-state index in [4.69, 9.17) is 4.74 Å². The van der Waals surface area contributed by atoms with Crippen LogP contribution in [0.3, 0.4) is 0 Å². The quantitative estimate of drug-likeness (QED) is 0.785. The van der Waals surface area contributed by atoms with Gasteiger partial charge in [-0.1, -0.05) is 28.4 Å². The smallest absolute Gasteiger partial charge is 0.127 e. The second-order valence-corrected chi connectivity index (χ2v) is 6.16. The summed E-state index contributed by atoms with van der Waals surface area (Å²) in [4.78, 5) is 0. The van der Waals surface area contributed by atoms with Gasteiger partial charge in [-0.25, -0.2) is 0 Å². The molecule has 1 atom stereocenters. The molecule has 1 heterocycles. The van der Waals surface area contributed by atoms with E-state index in [0.717, 1.165) is 35.0 Å². The first-order chi connectivity index (χ1) is 8.19. The highest BCUT2D eigenvalue weighted by Gasteiger charge is 2.41. The van der Waals surface area contributed by atoms with Crippen LogP contribution < -0.4 is 4.74 Å². The molecular weight excluding hydrogens is 280 g/mol. The fourth-order valence-corrected chi connectivity index (χ4v) is 3.45. The summed E-state index contributed by atoms with van der Waals surface area (Å²) in [5, 5.41) is 10.3. The molecule has 0 radical (unpaired) electrons. The third-order valence-electron chi connectivity index (χ3n) is 3.99. The van der Waals surface area contributed by atoms with Crippen LogP contribution in [0.2, 0.25) is 0 Å². The van der Waals surface area contributed by atoms with Crippen LogP contribution in [0.15, 0.2) is 22.7 Å². The molecule has 1 aliphatic carbocycles. The summed E-state index contributed by atoms with van der Waals surface area (Å²) in [7, 11) is 0. The summed E-state index contributed by atoms with van der Waals surface area (Å²) in [5.41, 5.74) is 0.829. The number of rotatable bonds is 0. The van der Waals surface area contributed by atoms with Gasteiger partial charge in [0.1, 0.15) is 11.4 Å². The molecule has 17 heavy (non-hydrogen) atoms. The predicted molar refractivity (Wildman–Crippen MR) is 70.2 cm³/mol. The van der Waals surface area contributed by atoms with Crippen LogP contribution in [-0.4, -0.2) is 10.7 Å². The fraction of sp³-hybridized carbons (Fsp3) is 0.571. The Morgan fingerprint density at radius 3 is 2.76 bits per heavy atom. The molecule has 0 aromatic heterocycles. The molecule has 1 fully saturated rings. The van der Waals surface area contributed by atoms with Crippen molar-refractivity contribution in [2.45, 2.75) is 50.2 Å². The SMILES string of the molecule is O[C@@H]1CC2(CCCCC2)Oc2cc(Br)ccc21. The van der Waals surface area contributed by atoms with Gasteiger partial charge in [0, 0.05) is 16.5 Å². The van der Waals surface area contributed by atoms with Crippen molar-refractivity contribution in [1.82, 2.24) is 0 Å². The van der Waals surface area contributed by atoms with Crippen molar-refractivity contribution in [3.63, 3.8) is 0 Å². The van der Waals surface area contributed by atoms with Crippen LogP contribution in [0.25, 0.3) is 0 Å². The second-order valence-electron chi connectivity index (χ2n) is 5.25. The molecule has 0 amide bonds. The number of ether oxygens (including phenoxy) is 1. The molecule has 2 aliphatic rings. The maximum Gasteiger partial charge on any atom is 0.127 e. The largest absolute Gasteiger partial charge is 0.487 e. The summed E-state index contributed by atoms with van der Waals surface area (Å²) in [6.45, 7) is 0. The van der Waals surface area contributed by atoms with E-state index in [1.165, 1.54) is 19.3 Å². The van der Waals surface area contributed by atoms with Crippen LogP contribution in [0.5, 0.6) is 5.75 Å². The maximum absolute atomic E-state index is 10.3. The standard InChI is InChI=1S/C14H17BrO2/c15-10-4-5-11-12(16)9-14(17-13(11)8-10)6-2-1-3-7-14/h4-5,8,12,16H,1-3,6-7,9H2/t12-/m1/s1. The second kappa shape index (κ2) is 4.29. The minimum atomic E-state index is -0.370. The van der Waals surface area contributed by atoms with Gasteiger partial charge in [-0.3, -0.25) is 0 Å². The lowest BCUT2D eigenvalue weighted by Crippen LogP contribution is -2.42. The van der Waals surface area contributed by atoms with Gasteiger partial charge in [0.2, 0.25) is 0 Å². The first-order valence-corrected chi connectivity index (χ1v) is 7.14. The first kappa shape index (κ1) is 11.5. The van der Waals surface area contributed by atoms with E-state index < -0.39 is 0 Å². The molecule has 3 rings (SSSR count). The maximum atomic E-state index is 10.3. The number of hydrogen-bond donors (Lipinski definition) is 1. The van der Waals surface area contributed by atoms with Gasteiger partial charge in [-0.05, 0) is 37.8 Å². The molecule has 0 saturated heterocycles. The molecule has 3 heteroatoms. The van der Waals surface area contributed by atoms with E-state index in [9.17, 15) is 5.11 Å². The van der Waals surface area contributed by atoms with E-state index in [-0.39, 0.29) is 11.7 Å². The van der Waals surface area contributed by atoms with Crippen LogP contribution in [0.1, 0.15) is 50.2 Å². The van der Waals surface area contributed by atoms with E-state index in [0.29, 0.717) is 0 Å². The monoisotopic (exact) mass is 296 g/mol. The molecule has 1 aliphatic heterocycles. The summed E-state index contributed by atoms with van der Waals surface area (Å²) in [6.07, 6.45) is 6.27. The predicted octanol–water partition coefficient (Wildman–Crippen LogP) is 3.97. The molecule has 0 bridgehead atoms. The van der Waals surface area contributed by atoms with Gasteiger partial charge < -0.3 is 9.84 Å². The Hall–Kier alpha value is -0.540. The Morgan fingerprint density at radius 2 is 2.00 bits per heavy atom. The lowest BCUT2D eigenvalue weighted by atomic mass is 9.78. The summed E-state index contributed by atoms with van der Waals surface area (Å²) >= 11 is 3.46. The van der Waals surface area contributed by atoms with E-state index >= 15 is 0 Å². The van der Waals surface area contributed by atoms with Gasteiger partial charge in [-0.2, -0.15) is 0 Å². The Morgan fingerprint density at radius 1 is 1.24 bits per heavy atom. The highest BCUT2D eigenvalue weighted by molar-refractivity contribution is 9.10. The lowest BCUT2D eigenvalue weighted by Gasteiger charge is -2.43. The Bertz CT molecular complexity index is 424. The molecule has 92 valence electrons. The molecule has 2 nitrogen and oxygen atoms in total. The zero-order chi connectivity index (χ0) is 11.9. The molecule has 1 aromatic rings. The number of aliphatic hydroxyl groups excluding tert-OH is 1. The fourth-order valence-electron chi connectivity index (χ4n) is 3.11. The van der Waals surface area contributed by atoms with Crippen molar-refractivity contribution in [1.29, 1.82) is 0 Å².